The first-order valence-electron chi connectivity index (χ1n) is 6.55. The monoisotopic (exact) mass is 224 g/mol. The van der Waals surface area contributed by atoms with Crippen LogP contribution in [0.2, 0.25) is 0 Å². The first-order valence-corrected chi connectivity index (χ1v) is 6.55. The predicted molar refractivity (Wildman–Crippen MR) is 65.0 cm³/mol. The first-order chi connectivity index (χ1) is 7.49. The van der Waals surface area contributed by atoms with Crippen molar-refractivity contribution in [3.8, 4) is 0 Å². The topological polar surface area (TPSA) is 46.3 Å². The highest BCUT2D eigenvalue weighted by atomic mass is 16.2. The van der Waals surface area contributed by atoms with Crippen LogP contribution in [0.5, 0.6) is 0 Å². The maximum Gasteiger partial charge on any atom is 0.223 e. The minimum absolute atomic E-state index is 0.0326. The highest BCUT2D eigenvalue weighted by Crippen LogP contribution is 2.32. The van der Waals surface area contributed by atoms with Gasteiger partial charge in [0.25, 0.3) is 0 Å². The molecule has 1 saturated heterocycles. The van der Waals surface area contributed by atoms with E-state index in [1.165, 1.54) is 25.7 Å². The van der Waals surface area contributed by atoms with Crippen LogP contribution in [0.1, 0.15) is 52.4 Å². The molecule has 0 aromatic rings. The van der Waals surface area contributed by atoms with Gasteiger partial charge in [-0.05, 0) is 39.0 Å². The summed E-state index contributed by atoms with van der Waals surface area (Å²) in [6.45, 7) is 5.01. The summed E-state index contributed by atoms with van der Waals surface area (Å²) >= 11 is 0. The summed E-state index contributed by atoms with van der Waals surface area (Å²) in [5.74, 6) is 0.963. The third-order valence-electron chi connectivity index (χ3n) is 4.15. The molecular formula is C13H24N2O. The molecule has 0 bridgehead atoms. The smallest absolute Gasteiger partial charge is 0.223 e. The summed E-state index contributed by atoms with van der Waals surface area (Å²) in [6, 6.07) is 0.169. The van der Waals surface area contributed by atoms with Gasteiger partial charge in [0.1, 0.15) is 0 Å². The molecule has 0 aromatic carbocycles. The van der Waals surface area contributed by atoms with Gasteiger partial charge in [-0.3, -0.25) is 4.79 Å². The highest BCUT2D eigenvalue weighted by Gasteiger charge is 2.39. The maximum atomic E-state index is 12.2. The van der Waals surface area contributed by atoms with E-state index in [2.05, 4.69) is 13.8 Å². The third-order valence-corrected chi connectivity index (χ3v) is 4.15. The molecule has 2 fully saturated rings. The van der Waals surface area contributed by atoms with Gasteiger partial charge in [0, 0.05) is 24.5 Å². The van der Waals surface area contributed by atoms with E-state index in [0.717, 1.165) is 19.4 Å². The number of nitrogens with two attached hydrogens (primary N) is 1. The number of rotatable bonds is 2. The molecular weight excluding hydrogens is 200 g/mol. The SMILES string of the molecule is CC1(C)CC(N)CN1C(=O)CC1CCCC1. The van der Waals surface area contributed by atoms with Crippen molar-refractivity contribution in [3.63, 3.8) is 0 Å². The normalized spacial score (nSPS) is 29.9. The molecule has 1 unspecified atom stereocenters. The van der Waals surface area contributed by atoms with Crippen molar-refractivity contribution in [2.75, 3.05) is 6.54 Å². The third kappa shape index (κ3) is 2.40. The van der Waals surface area contributed by atoms with Gasteiger partial charge >= 0.3 is 0 Å². The molecule has 1 aliphatic heterocycles. The van der Waals surface area contributed by atoms with Crippen LogP contribution >= 0.6 is 0 Å². The second kappa shape index (κ2) is 4.36. The van der Waals surface area contributed by atoms with Gasteiger partial charge in [0.2, 0.25) is 5.91 Å². The molecule has 1 amide bonds. The lowest BCUT2D eigenvalue weighted by atomic mass is 9.98. The summed E-state index contributed by atoms with van der Waals surface area (Å²) in [7, 11) is 0. The Hall–Kier alpha value is -0.570. The van der Waals surface area contributed by atoms with E-state index in [1.54, 1.807) is 0 Å². The van der Waals surface area contributed by atoms with Crippen LogP contribution in [0.4, 0.5) is 0 Å². The van der Waals surface area contributed by atoms with Crippen molar-refractivity contribution in [1.29, 1.82) is 0 Å². The molecule has 3 nitrogen and oxygen atoms in total. The van der Waals surface area contributed by atoms with Gasteiger partial charge in [-0.1, -0.05) is 12.8 Å². The predicted octanol–water partition coefficient (Wildman–Crippen LogP) is 1.90. The Bertz CT molecular complexity index is 269. The lowest BCUT2D eigenvalue weighted by Crippen LogP contribution is -2.43. The zero-order valence-electron chi connectivity index (χ0n) is 10.5. The number of carbonyl (C=O) groups is 1. The molecule has 1 aliphatic carbocycles. The summed E-state index contributed by atoms with van der Waals surface area (Å²) < 4.78 is 0. The van der Waals surface area contributed by atoms with Crippen molar-refractivity contribution in [1.82, 2.24) is 4.90 Å². The Morgan fingerprint density at radius 1 is 1.38 bits per heavy atom. The largest absolute Gasteiger partial charge is 0.336 e. The molecule has 0 radical (unpaired) electrons. The molecule has 2 aliphatic rings. The average molecular weight is 224 g/mol. The second-order valence-electron chi connectivity index (χ2n) is 6.14. The van der Waals surface area contributed by atoms with E-state index in [4.69, 9.17) is 5.73 Å². The zero-order chi connectivity index (χ0) is 11.8. The van der Waals surface area contributed by atoms with E-state index >= 15 is 0 Å². The van der Waals surface area contributed by atoms with Gasteiger partial charge in [-0.15, -0.1) is 0 Å². The van der Waals surface area contributed by atoms with Crippen molar-refractivity contribution >= 4 is 5.91 Å². The highest BCUT2D eigenvalue weighted by molar-refractivity contribution is 5.77. The van der Waals surface area contributed by atoms with Crippen LogP contribution in [0, 0.1) is 5.92 Å². The van der Waals surface area contributed by atoms with Crippen LogP contribution in [-0.4, -0.2) is 28.9 Å². The second-order valence-corrected chi connectivity index (χ2v) is 6.14. The summed E-state index contributed by atoms with van der Waals surface area (Å²) in [6.07, 6.45) is 6.78. The number of nitrogens with zero attached hydrogens (tertiary/aromatic N) is 1. The fraction of sp³-hybridized carbons (Fsp3) is 0.923. The molecule has 0 spiro atoms. The molecule has 2 N–H and O–H groups in total. The number of likely N-dealkylation sites (tertiary alicyclic amines) is 1. The van der Waals surface area contributed by atoms with Crippen molar-refractivity contribution in [2.45, 2.75) is 64.0 Å². The maximum absolute atomic E-state index is 12.2. The molecule has 2 rings (SSSR count). The van der Waals surface area contributed by atoms with Gasteiger partial charge in [-0.25, -0.2) is 0 Å². The van der Waals surface area contributed by atoms with Crippen LogP contribution < -0.4 is 5.73 Å². The lowest BCUT2D eigenvalue weighted by molar-refractivity contribution is -0.135. The van der Waals surface area contributed by atoms with Crippen LogP contribution in [0.25, 0.3) is 0 Å². The standard InChI is InChI=1S/C13H24N2O/c1-13(2)8-11(14)9-15(13)12(16)7-10-5-3-4-6-10/h10-11H,3-9,14H2,1-2H3. The van der Waals surface area contributed by atoms with E-state index in [-0.39, 0.29) is 11.6 Å². The minimum Gasteiger partial charge on any atom is -0.336 e. The molecule has 3 heteroatoms. The Labute approximate surface area is 98.4 Å². The lowest BCUT2D eigenvalue weighted by Gasteiger charge is -2.32. The molecule has 1 saturated carbocycles. The molecule has 92 valence electrons. The molecule has 16 heavy (non-hydrogen) atoms. The van der Waals surface area contributed by atoms with Gasteiger partial charge in [0.05, 0.1) is 0 Å². The Morgan fingerprint density at radius 3 is 2.50 bits per heavy atom. The summed E-state index contributed by atoms with van der Waals surface area (Å²) in [5.41, 5.74) is 5.92. The minimum atomic E-state index is -0.0326. The van der Waals surface area contributed by atoms with E-state index in [0.29, 0.717) is 11.8 Å². The van der Waals surface area contributed by atoms with Crippen LogP contribution in [-0.2, 0) is 4.79 Å². The van der Waals surface area contributed by atoms with Gasteiger partial charge in [-0.2, -0.15) is 0 Å². The first kappa shape index (κ1) is 11.9. The van der Waals surface area contributed by atoms with Crippen molar-refractivity contribution in [2.24, 2.45) is 11.7 Å². The number of hydrogen-bond donors (Lipinski definition) is 1. The van der Waals surface area contributed by atoms with Gasteiger partial charge in [0.15, 0.2) is 0 Å². The fourth-order valence-corrected chi connectivity index (χ4v) is 3.31. The van der Waals surface area contributed by atoms with Crippen molar-refractivity contribution < 1.29 is 4.79 Å². The molecule has 1 heterocycles. The Morgan fingerprint density at radius 2 is 2.00 bits per heavy atom. The molecule has 0 aromatic heterocycles. The molecule has 1 atom stereocenters. The number of amides is 1. The van der Waals surface area contributed by atoms with E-state index < -0.39 is 0 Å². The van der Waals surface area contributed by atoms with Crippen molar-refractivity contribution in [3.05, 3.63) is 0 Å². The Kier molecular flexibility index (Phi) is 3.24. The number of hydrogen-bond acceptors (Lipinski definition) is 2. The van der Waals surface area contributed by atoms with Crippen LogP contribution in [0.3, 0.4) is 0 Å². The zero-order valence-corrected chi connectivity index (χ0v) is 10.5. The average Bonchev–Trinajstić information content (AvgIpc) is 2.73. The van der Waals surface area contributed by atoms with E-state index in [9.17, 15) is 4.79 Å². The quantitative estimate of drug-likeness (QED) is 0.778. The fourth-order valence-electron chi connectivity index (χ4n) is 3.31. The van der Waals surface area contributed by atoms with Crippen LogP contribution in [0.15, 0.2) is 0 Å². The summed E-state index contributed by atoms with van der Waals surface area (Å²) in [5, 5.41) is 0. The number of carbonyl (C=O) groups excluding carboxylic acids is 1. The Balaban J connectivity index is 1.93. The summed E-state index contributed by atoms with van der Waals surface area (Å²) in [4.78, 5) is 14.2. The van der Waals surface area contributed by atoms with E-state index in [1.807, 2.05) is 4.90 Å². The van der Waals surface area contributed by atoms with Gasteiger partial charge < -0.3 is 10.6 Å².